The molecule has 0 amide bonds. The van der Waals surface area contributed by atoms with Crippen molar-refractivity contribution in [2.24, 2.45) is 0 Å². The molecule has 0 saturated carbocycles. The van der Waals surface area contributed by atoms with Crippen molar-refractivity contribution in [2.45, 2.75) is 25.6 Å². The molecule has 13 heteroatoms. The number of aliphatic hydroxyl groups excluding tert-OH is 3. The van der Waals surface area contributed by atoms with Gasteiger partial charge in [-0.05, 0) is 31.2 Å². The van der Waals surface area contributed by atoms with E-state index in [4.69, 9.17) is 14.6 Å². The van der Waals surface area contributed by atoms with Gasteiger partial charge in [-0.1, -0.05) is 12.1 Å². The van der Waals surface area contributed by atoms with Crippen molar-refractivity contribution in [1.29, 1.82) is 0 Å². The number of pyridine rings is 1. The number of rotatable bonds is 8. The van der Waals surface area contributed by atoms with Crippen LogP contribution in [0.1, 0.15) is 11.3 Å². The summed E-state index contributed by atoms with van der Waals surface area (Å²) in [5, 5.41) is 32.0. The largest absolute Gasteiger partial charge is 0.488 e. The van der Waals surface area contributed by atoms with Crippen LogP contribution >= 0.6 is 0 Å². The normalized spacial score (nSPS) is 15.0. The van der Waals surface area contributed by atoms with Crippen molar-refractivity contribution in [3.05, 3.63) is 53.7 Å². The van der Waals surface area contributed by atoms with Gasteiger partial charge in [-0.25, -0.2) is 9.97 Å². The van der Waals surface area contributed by atoms with E-state index in [1.165, 1.54) is 23.1 Å². The number of aryl methyl sites for hydroxylation is 1. The highest BCUT2D eigenvalue weighted by atomic mass is 19.4. The van der Waals surface area contributed by atoms with E-state index in [0.29, 0.717) is 11.4 Å². The predicted octanol–water partition coefficient (Wildman–Crippen LogP) is 2.18. The zero-order valence-corrected chi connectivity index (χ0v) is 19.1. The molecule has 0 saturated heterocycles. The van der Waals surface area contributed by atoms with Gasteiger partial charge in [0.25, 0.3) is 0 Å². The van der Waals surface area contributed by atoms with Gasteiger partial charge in [0.1, 0.15) is 19.3 Å². The van der Waals surface area contributed by atoms with Gasteiger partial charge in [0, 0.05) is 17.3 Å². The number of halogens is 3. The third-order valence-electron chi connectivity index (χ3n) is 5.21. The molecule has 2 atom stereocenters. The third-order valence-corrected chi connectivity index (χ3v) is 5.21. The van der Waals surface area contributed by atoms with Gasteiger partial charge in [0.05, 0.1) is 24.4 Å². The van der Waals surface area contributed by atoms with Crippen LogP contribution in [-0.4, -0.2) is 69.1 Å². The number of alkyl halides is 3. The van der Waals surface area contributed by atoms with E-state index in [0.717, 1.165) is 12.1 Å². The maximum atomic E-state index is 13.2. The molecule has 36 heavy (non-hydrogen) atoms. The number of nitrogens with zero attached hydrogens (tertiary/aromatic N) is 4. The van der Waals surface area contributed by atoms with Crippen LogP contribution in [-0.2, 0) is 6.18 Å². The third kappa shape index (κ3) is 5.93. The first-order chi connectivity index (χ1) is 17.1. The Morgan fingerprint density at radius 3 is 2.69 bits per heavy atom. The van der Waals surface area contributed by atoms with Crippen molar-refractivity contribution in [1.82, 2.24) is 15.0 Å². The molecule has 0 fully saturated rings. The highest BCUT2D eigenvalue weighted by Gasteiger charge is 2.31. The number of hydrogen-bond acceptors (Lipinski definition) is 10. The summed E-state index contributed by atoms with van der Waals surface area (Å²) in [5.41, 5.74) is 0.248. The molecule has 2 aromatic heterocycles. The monoisotopic (exact) mass is 507 g/mol. The Morgan fingerprint density at radius 2 is 1.94 bits per heavy atom. The summed E-state index contributed by atoms with van der Waals surface area (Å²) in [6.45, 7) is 1.48. The van der Waals surface area contributed by atoms with Gasteiger partial charge in [-0.3, -0.25) is 0 Å². The van der Waals surface area contributed by atoms with Gasteiger partial charge >= 0.3 is 6.18 Å². The molecule has 0 radical (unpaired) electrons. The van der Waals surface area contributed by atoms with Crippen LogP contribution in [0.25, 0.3) is 11.3 Å². The number of aliphatic hydroxyl groups is 3. The lowest BCUT2D eigenvalue weighted by Gasteiger charge is -2.34. The van der Waals surface area contributed by atoms with E-state index in [2.05, 4.69) is 20.3 Å². The van der Waals surface area contributed by atoms with Crippen LogP contribution in [0.15, 0.2) is 42.5 Å². The van der Waals surface area contributed by atoms with Gasteiger partial charge in [-0.2, -0.15) is 18.2 Å². The Hall–Kier alpha value is -3.68. The lowest BCUT2D eigenvalue weighted by atomic mass is 10.1. The van der Waals surface area contributed by atoms with E-state index < -0.39 is 30.8 Å². The smallest absolute Gasteiger partial charge is 0.416 e. The maximum Gasteiger partial charge on any atom is 0.416 e. The SMILES string of the molecule is Cc1cc(OCC(O)CO)nc(NC(O)N2CCOc3ccc(-c4cccc(C(F)(F)F)c4)nc32)n1. The maximum absolute atomic E-state index is 13.2. The zero-order chi connectivity index (χ0) is 25.9. The molecule has 4 rings (SSSR count). The van der Waals surface area contributed by atoms with E-state index in [-0.39, 0.29) is 48.7 Å². The van der Waals surface area contributed by atoms with Gasteiger partial charge in [0.2, 0.25) is 18.2 Å². The van der Waals surface area contributed by atoms with Crippen LogP contribution < -0.4 is 19.7 Å². The molecule has 0 spiro atoms. The van der Waals surface area contributed by atoms with Crippen LogP contribution in [0, 0.1) is 6.92 Å². The number of fused-ring (bicyclic) bond motifs is 1. The average Bonchev–Trinajstić information content (AvgIpc) is 2.85. The highest BCUT2D eigenvalue weighted by Crippen LogP contribution is 2.35. The summed E-state index contributed by atoms with van der Waals surface area (Å²) < 4.78 is 50.4. The average molecular weight is 507 g/mol. The second-order valence-electron chi connectivity index (χ2n) is 7.98. The molecule has 0 bridgehead atoms. The molecular formula is C23H24F3N5O5. The highest BCUT2D eigenvalue weighted by molar-refractivity contribution is 5.67. The fourth-order valence-electron chi connectivity index (χ4n) is 3.47. The molecule has 4 N–H and O–H groups in total. The van der Waals surface area contributed by atoms with Crippen molar-refractivity contribution in [3.63, 3.8) is 0 Å². The molecule has 192 valence electrons. The molecule has 2 unspecified atom stereocenters. The minimum atomic E-state index is -4.49. The number of ether oxygens (including phenoxy) is 2. The van der Waals surface area contributed by atoms with Crippen LogP contribution in [0.2, 0.25) is 0 Å². The van der Waals surface area contributed by atoms with Gasteiger partial charge in [-0.15, -0.1) is 0 Å². The number of benzene rings is 1. The summed E-state index contributed by atoms with van der Waals surface area (Å²) in [6.07, 6.45) is -6.94. The number of nitrogens with one attached hydrogen (secondary N) is 1. The topological polar surface area (TPSA) is 133 Å². The molecule has 0 aliphatic carbocycles. The number of hydrogen-bond donors (Lipinski definition) is 4. The summed E-state index contributed by atoms with van der Waals surface area (Å²) in [4.78, 5) is 14.3. The summed E-state index contributed by atoms with van der Waals surface area (Å²) in [5.74, 6) is 0.728. The van der Waals surface area contributed by atoms with E-state index in [9.17, 15) is 23.4 Å². The van der Waals surface area contributed by atoms with Crippen molar-refractivity contribution in [3.8, 4) is 22.9 Å². The Labute approximate surface area is 204 Å². The molecule has 10 nitrogen and oxygen atoms in total. The lowest BCUT2D eigenvalue weighted by Crippen LogP contribution is -2.46. The number of aromatic nitrogens is 3. The molecular weight excluding hydrogens is 483 g/mol. The first kappa shape index (κ1) is 25.4. The van der Waals surface area contributed by atoms with E-state index >= 15 is 0 Å². The van der Waals surface area contributed by atoms with Crippen LogP contribution in [0.5, 0.6) is 11.6 Å². The van der Waals surface area contributed by atoms with Crippen molar-refractivity contribution in [2.75, 3.05) is 36.6 Å². The van der Waals surface area contributed by atoms with Crippen molar-refractivity contribution >= 4 is 11.8 Å². The molecule has 1 aromatic carbocycles. The van der Waals surface area contributed by atoms with Crippen molar-refractivity contribution < 1.29 is 38.0 Å². The Kier molecular flexibility index (Phi) is 7.43. The second-order valence-corrected chi connectivity index (χ2v) is 7.98. The zero-order valence-electron chi connectivity index (χ0n) is 19.1. The van der Waals surface area contributed by atoms with Crippen LogP contribution in [0.3, 0.4) is 0 Å². The minimum Gasteiger partial charge on any atom is -0.488 e. The van der Waals surface area contributed by atoms with Crippen LogP contribution in [0.4, 0.5) is 24.9 Å². The van der Waals surface area contributed by atoms with Gasteiger partial charge < -0.3 is 35.0 Å². The summed E-state index contributed by atoms with van der Waals surface area (Å²) in [6, 6.07) is 9.46. The summed E-state index contributed by atoms with van der Waals surface area (Å²) in [7, 11) is 0. The molecule has 3 heterocycles. The number of anilines is 2. The molecule has 1 aliphatic heterocycles. The summed E-state index contributed by atoms with van der Waals surface area (Å²) >= 11 is 0. The predicted molar refractivity (Wildman–Crippen MR) is 123 cm³/mol. The second kappa shape index (κ2) is 10.5. The Bertz CT molecular complexity index is 1210. The quantitative estimate of drug-likeness (QED) is 0.336. The first-order valence-electron chi connectivity index (χ1n) is 10.9. The fourth-order valence-corrected chi connectivity index (χ4v) is 3.47. The lowest BCUT2D eigenvalue weighted by molar-refractivity contribution is -0.137. The Morgan fingerprint density at radius 1 is 1.14 bits per heavy atom. The first-order valence-corrected chi connectivity index (χ1v) is 10.9. The van der Waals surface area contributed by atoms with Gasteiger partial charge in [0.15, 0.2) is 11.6 Å². The fraction of sp³-hybridized carbons (Fsp3) is 0.348. The minimum absolute atomic E-state index is 0.0260. The molecule has 1 aliphatic rings. The molecule has 3 aromatic rings. The van der Waals surface area contributed by atoms with E-state index in [1.807, 2.05) is 0 Å². The standard InChI is InChI=1S/C23H24F3N5O5/c1-13-9-19(36-12-16(33)11-32)29-21(27-13)30-22(34)31-7-8-35-18-6-5-17(28-20(18)31)14-3-2-4-15(10-14)23(24,25)26/h2-6,9-10,16,22,32-34H,7-8,11-12H2,1H3,(H,27,29,30). The van der Waals surface area contributed by atoms with E-state index in [1.54, 1.807) is 19.1 Å². The Balaban J connectivity index is 1.57.